The summed E-state index contributed by atoms with van der Waals surface area (Å²) in [4.78, 5) is 13.7. The van der Waals surface area contributed by atoms with E-state index in [1.807, 2.05) is 18.2 Å². The average molecular weight is 597 g/mol. The number of piperazine rings is 1. The number of hydrogen-bond donors (Lipinski definition) is 3. The van der Waals surface area contributed by atoms with Crippen molar-refractivity contribution in [3.63, 3.8) is 0 Å². The van der Waals surface area contributed by atoms with Gasteiger partial charge in [-0.05, 0) is 43.4 Å². The fourth-order valence-electron chi connectivity index (χ4n) is 4.61. The van der Waals surface area contributed by atoms with Gasteiger partial charge >= 0.3 is 0 Å². The zero-order valence-corrected chi connectivity index (χ0v) is 24.7. The first kappa shape index (κ1) is 28.7. The van der Waals surface area contributed by atoms with Gasteiger partial charge in [-0.1, -0.05) is 23.7 Å². The van der Waals surface area contributed by atoms with Crippen molar-refractivity contribution in [3.05, 3.63) is 77.7 Å². The lowest BCUT2D eigenvalue weighted by Gasteiger charge is -2.32. The maximum Gasteiger partial charge on any atom is 0.229 e. The van der Waals surface area contributed by atoms with Crippen molar-refractivity contribution < 1.29 is 13.2 Å². The van der Waals surface area contributed by atoms with Crippen LogP contribution in [0.3, 0.4) is 0 Å². The van der Waals surface area contributed by atoms with Crippen LogP contribution in [0.15, 0.2) is 67.0 Å². The SMILES string of the molecule is COc1cc(-n2cccc2CN2CCN(C)CC2)ccc1Nc1ncc(Cl)c(Nc2ccccc2NS(C)(=O)=O)n1. The van der Waals surface area contributed by atoms with Gasteiger partial charge < -0.3 is 24.8 Å². The molecule has 1 saturated heterocycles. The molecule has 216 valence electrons. The first-order chi connectivity index (χ1) is 19.7. The zero-order chi connectivity index (χ0) is 29.0. The summed E-state index contributed by atoms with van der Waals surface area (Å²) in [6, 6.07) is 17.0. The highest BCUT2D eigenvalue weighted by atomic mass is 35.5. The third-order valence-electron chi connectivity index (χ3n) is 6.74. The van der Waals surface area contributed by atoms with Gasteiger partial charge in [-0.3, -0.25) is 9.62 Å². The van der Waals surface area contributed by atoms with Crippen molar-refractivity contribution in [1.82, 2.24) is 24.3 Å². The number of ether oxygens (including phenoxy) is 1. The second-order valence-corrected chi connectivity index (χ2v) is 12.0. The lowest BCUT2D eigenvalue weighted by molar-refractivity contribution is 0.146. The van der Waals surface area contributed by atoms with Crippen molar-refractivity contribution in [2.24, 2.45) is 0 Å². The van der Waals surface area contributed by atoms with E-state index in [-0.39, 0.29) is 11.0 Å². The van der Waals surface area contributed by atoms with Crippen molar-refractivity contribution in [2.45, 2.75) is 6.54 Å². The van der Waals surface area contributed by atoms with E-state index in [0.29, 0.717) is 28.6 Å². The molecule has 41 heavy (non-hydrogen) atoms. The molecule has 3 N–H and O–H groups in total. The lowest BCUT2D eigenvalue weighted by Crippen LogP contribution is -2.44. The van der Waals surface area contributed by atoms with E-state index in [2.05, 4.69) is 65.1 Å². The Balaban J connectivity index is 1.35. The molecular formula is C28H33ClN8O3S. The second-order valence-electron chi connectivity index (χ2n) is 9.89. The molecule has 4 aromatic rings. The Morgan fingerprint density at radius 2 is 1.73 bits per heavy atom. The fraction of sp³-hybridized carbons (Fsp3) is 0.286. The topological polar surface area (TPSA) is 117 Å². The highest BCUT2D eigenvalue weighted by Gasteiger charge is 2.17. The monoisotopic (exact) mass is 596 g/mol. The van der Waals surface area contributed by atoms with E-state index in [1.54, 1.807) is 31.4 Å². The third kappa shape index (κ3) is 7.27. The highest BCUT2D eigenvalue weighted by molar-refractivity contribution is 7.92. The van der Waals surface area contributed by atoms with Crippen LogP contribution in [-0.4, -0.2) is 79.3 Å². The normalized spacial score (nSPS) is 14.5. The Labute approximate surface area is 245 Å². The van der Waals surface area contributed by atoms with Gasteiger partial charge in [0, 0.05) is 56.4 Å². The van der Waals surface area contributed by atoms with Crippen LogP contribution in [0.1, 0.15) is 5.69 Å². The van der Waals surface area contributed by atoms with E-state index in [1.165, 1.54) is 11.9 Å². The van der Waals surface area contributed by atoms with Crippen LogP contribution in [0.4, 0.5) is 28.8 Å². The number of benzene rings is 2. The minimum Gasteiger partial charge on any atom is -0.494 e. The second kappa shape index (κ2) is 12.4. The zero-order valence-electron chi connectivity index (χ0n) is 23.1. The molecule has 1 fully saturated rings. The standard InChI is InChI=1S/C28H33ClN8O3S/c1-35-13-15-36(16-14-35)19-21-7-6-12-37(21)20-10-11-25(26(17-20)40-2)32-28-30-18-22(29)27(33-28)31-23-8-4-5-9-24(23)34-41(3,38)39/h4-12,17-18,34H,13-16,19H2,1-3H3,(H2,30,31,32,33). The number of hydrogen-bond acceptors (Lipinski definition) is 9. The number of methoxy groups -OCH3 is 1. The maximum absolute atomic E-state index is 11.8. The van der Waals surface area contributed by atoms with Gasteiger partial charge in [-0.15, -0.1) is 0 Å². The molecule has 3 heterocycles. The molecule has 0 spiro atoms. The molecule has 0 radical (unpaired) electrons. The Morgan fingerprint density at radius 1 is 0.976 bits per heavy atom. The van der Waals surface area contributed by atoms with Crippen LogP contribution in [-0.2, 0) is 16.6 Å². The molecule has 1 aliphatic heterocycles. The smallest absolute Gasteiger partial charge is 0.229 e. The summed E-state index contributed by atoms with van der Waals surface area (Å²) in [6.45, 7) is 5.11. The van der Waals surface area contributed by atoms with E-state index in [9.17, 15) is 8.42 Å². The van der Waals surface area contributed by atoms with Crippen molar-refractivity contribution in [2.75, 3.05) is 61.9 Å². The quantitative estimate of drug-likeness (QED) is 0.243. The van der Waals surface area contributed by atoms with Crippen LogP contribution in [0.2, 0.25) is 5.02 Å². The Kier molecular flexibility index (Phi) is 8.64. The Hall–Kier alpha value is -3.84. The Morgan fingerprint density at radius 3 is 2.46 bits per heavy atom. The molecule has 0 unspecified atom stereocenters. The van der Waals surface area contributed by atoms with Gasteiger partial charge in [0.2, 0.25) is 16.0 Å². The van der Waals surface area contributed by atoms with E-state index >= 15 is 0 Å². The number of sulfonamides is 1. The largest absolute Gasteiger partial charge is 0.494 e. The number of para-hydroxylation sites is 2. The van der Waals surface area contributed by atoms with Crippen molar-refractivity contribution in [1.29, 1.82) is 0 Å². The number of aromatic nitrogens is 3. The van der Waals surface area contributed by atoms with Gasteiger partial charge in [0.15, 0.2) is 5.82 Å². The summed E-state index contributed by atoms with van der Waals surface area (Å²) in [6.07, 6.45) is 4.62. The molecule has 11 nitrogen and oxygen atoms in total. The predicted octanol–water partition coefficient (Wildman–Crippen LogP) is 4.54. The summed E-state index contributed by atoms with van der Waals surface area (Å²) < 4.78 is 34.0. The van der Waals surface area contributed by atoms with Gasteiger partial charge in [-0.2, -0.15) is 4.98 Å². The van der Waals surface area contributed by atoms with Crippen LogP contribution >= 0.6 is 11.6 Å². The molecule has 0 aliphatic carbocycles. The number of nitrogens with one attached hydrogen (secondary N) is 3. The van der Waals surface area contributed by atoms with Gasteiger partial charge in [0.1, 0.15) is 10.8 Å². The Bertz CT molecular complexity index is 1620. The molecule has 13 heteroatoms. The molecule has 1 aliphatic rings. The number of rotatable bonds is 10. The molecule has 2 aromatic carbocycles. The molecular weight excluding hydrogens is 564 g/mol. The summed E-state index contributed by atoms with van der Waals surface area (Å²) in [7, 11) is 0.298. The average Bonchev–Trinajstić information content (AvgIpc) is 3.40. The number of halogens is 1. The fourth-order valence-corrected chi connectivity index (χ4v) is 5.32. The van der Waals surface area contributed by atoms with Crippen LogP contribution in [0, 0.1) is 0 Å². The van der Waals surface area contributed by atoms with E-state index in [4.69, 9.17) is 16.3 Å². The van der Waals surface area contributed by atoms with Crippen LogP contribution in [0.5, 0.6) is 5.75 Å². The summed E-state index contributed by atoms with van der Waals surface area (Å²) in [5.74, 6) is 1.22. The molecule has 2 aromatic heterocycles. The molecule has 0 atom stereocenters. The number of likely N-dealkylation sites (N-methyl/N-ethyl adjacent to an activating group) is 1. The first-order valence-corrected chi connectivity index (χ1v) is 15.3. The maximum atomic E-state index is 11.8. The number of anilines is 5. The lowest BCUT2D eigenvalue weighted by atomic mass is 10.2. The third-order valence-corrected chi connectivity index (χ3v) is 7.61. The number of nitrogens with zero attached hydrogens (tertiary/aromatic N) is 5. The molecule has 0 saturated carbocycles. The van der Waals surface area contributed by atoms with Gasteiger partial charge in [0.25, 0.3) is 0 Å². The van der Waals surface area contributed by atoms with E-state index < -0.39 is 10.0 Å². The van der Waals surface area contributed by atoms with Gasteiger partial charge in [-0.25, -0.2) is 13.4 Å². The van der Waals surface area contributed by atoms with Gasteiger partial charge in [0.05, 0.1) is 36.6 Å². The summed E-state index contributed by atoms with van der Waals surface area (Å²) in [5.41, 5.74) is 3.73. The van der Waals surface area contributed by atoms with Crippen LogP contribution < -0.4 is 20.1 Å². The first-order valence-electron chi connectivity index (χ1n) is 13.1. The van der Waals surface area contributed by atoms with Crippen LogP contribution in [0.25, 0.3) is 5.69 Å². The molecule has 0 bridgehead atoms. The summed E-state index contributed by atoms with van der Waals surface area (Å²) >= 11 is 6.38. The summed E-state index contributed by atoms with van der Waals surface area (Å²) in [5, 5.41) is 6.57. The minimum atomic E-state index is -3.48. The van der Waals surface area contributed by atoms with Crippen molar-refractivity contribution >= 4 is 50.5 Å². The highest BCUT2D eigenvalue weighted by Crippen LogP contribution is 2.32. The minimum absolute atomic E-state index is 0.271. The van der Waals surface area contributed by atoms with Crippen molar-refractivity contribution in [3.8, 4) is 11.4 Å². The van der Waals surface area contributed by atoms with E-state index in [0.717, 1.165) is 44.7 Å². The molecule has 0 amide bonds. The predicted molar refractivity (Wildman–Crippen MR) is 164 cm³/mol. The molecule has 5 rings (SSSR count).